The molecule has 2 rings (SSSR count). The van der Waals surface area contributed by atoms with Gasteiger partial charge >= 0.3 is 5.97 Å². The number of ketones is 1. The summed E-state index contributed by atoms with van der Waals surface area (Å²) in [4.78, 5) is 26.2. The number of rotatable bonds is 5. The van der Waals surface area contributed by atoms with Crippen LogP contribution in [0.1, 0.15) is 27.1 Å². The number of nitrogens with zero attached hydrogens (tertiary/aromatic N) is 1. The standard InChI is InChI=1S/C13H11FN2O4S/c1-6(17)11-10(12(18)19)16-13(21-11)15-9-5-7(20-2)3-4-8(9)14/h3-5H,1-2H3,(H,15,16)(H,18,19). The highest BCUT2D eigenvalue weighted by molar-refractivity contribution is 7.17. The van der Waals surface area contributed by atoms with Crippen molar-refractivity contribution in [1.82, 2.24) is 4.98 Å². The molecule has 8 heteroatoms. The Labute approximate surface area is 123 Å². The van der Waals surface area contributed by atoms with Crippen LogP contribution < -0.4 is 10.1 Å². The second-order valence-corrected chi connectivity index (χ2v) is 5.03. The van der Waals surface area contributed by atoms with Crippen LogP contribution in [0.4, 0.5) is 15.2 Å². The number of hydrogen-bond acceptors (Lipinski definition) is 6. The molecule has 6 nitrogen and oxygen atoms in total. The zero-order valence-corrected chi connectivity index (χ0v) is 12.0. The molecule has 1 aromatic heterocycles. The first kappa shape index (κ1) is 14.9. The Kier molecular flexibility index (Phi) is 4.18. The third kappa shape index (κ3) is 3.16. The zero-order chi connectivity index (χ0) is 15.6. The lowest BCUT2D eigenvalue weighted by Gasteiger charge is -2.06. The number of carbonyl (C=O) groups is 2. The van der Waals surface area contributed by atoms with Crippen LogP contribution in [0.3, 0.4) is 0 Å². The number of aromatic nitrogens is 1. The van der Waals surface area contributed by atoms with E-state index in [1.54, 1.807) is 0 Å². The van der Waals surface area contributed by atoms with Gasteiger partial charge in [-0.05, 0) is 12.1 Å². The molecule has 0 aliphatic carbocycles. The number of halogens is 1. The van der Waals surface area contributed by atoms with Crippen LogP contribution >= 0.6 is 11.3 Å². The van der Waals surface area contributed by atoms with Gasteiger partial charge in [-0.1, -0.05) is 11.3 Å². The maximum atomic E-state index is 13.7. The molecule has 0 saturated carbocycles. The van der Waals surface area contributed by atoms with Crippen molar-refractivity contribution >= 4 is 33.9 Å². The Balaban J connectivity index is 2.38. The van der Waals surface area contributed by atoms with E-state index in [2.05, 4.69) is 10.3 Å². The van der Waals surface area contributed by atoms with Crippen molar-refractivity contribution in [2.75, 3.05) is 12.4 Å². The first-order valence-corrected chi connectivity index (χ1v) is 6.59. The second kappa shape index (κ2) is 5.88. The minimum absolute atomic E-state index is 0.00769. The number of ether oxygens (including phenoxy) is 1. The van der Waals surface area contributed by atoms with E-state index in [0.29, 0.717) is 5.75 Å². The number of Topliss-reactive ketones (excluding diaryl/α,β-unsaturated/α-hetero) is 1. The van der Waals surface area contributed by atoms with E-state index < -0.39 is 17.6 Å². The summed E-state index contributed by atoms with van der Waals surface area (Å²) in [7, 11) is 1.44. The highest BCUT2D eigenvalue weighted by Crippen LogP contribution is 2.29. The second-order valence-electron chi connectivity index (χ2n) is 4.03. The maximum absolute atomic E-state index is 13.7. The summed E-state index contributed by atoms with van der Waals surface area (Å²) in [6.07, 6.45) is 0. The molecule has 2 aromatic rings. The summed E-state index contributed by atoms with van der Waals surface area (Å²) in [5, 5.41) is 11.8. The Morgan fingerprint density at radius 2 is 2.14 bits per heavy atom. The van der Waals surface area contributed by atoms with Crippen LogP contribution in [0, 0.1) is 5.82 Å². The minimum Gasteiger partial charge on any atom is -0.497 e. The quantitative estimate of drug-likeness (QED) is 0.825. The van der Waals surface area contributed by atoms with Crippen molar-refractivity contribution in [3.8, 4) is 5.75 Å². The van der Waals surface area contributed by atoms with Gasteiger partial charge in [-0.3, -0.25) is 4.79 Å². The predicted molar refractivity (Wildman–Crippen MR) is 75.3 cm³/mol. The summed E-state index contributed by atoms with van der Waals surface area (Å²) in [6.45, 7) is 1.25. The van der Waals surface area contributed by atoms with Crippen LogP contribution in [0.2, 0.25) is 0 Å². The number of aromatic carboxylic acids is 1. The molecule has 1 aromatic carbocycles. The van der Waals surface area contributed by atoms with Gasteiger partial charge in [-0.2, -0.15) is 0 Å². The fraction of sp³-hybridized carbons (Fsp3) is 0.154. The summed E-state index contributed by atoms with van der Waals surface area (Å²) in [5.41, 5.74) is -0.270. The van der Waals surface area contributed by atoms with Crippen molar-refractivity contribution in [1.29, 1.82) is 0 Å². The van der Waals surface area contributed by atoms with Gasteiger partial charge in [-0.25, -0.2) is 14.2 Å². The predicted octanol–water partition coefficient (Wildman–Crippen LogP) is 2.94. The number of carboxylic acids is 1. The minimum atomic E-state index is -1.31. The number of anilines is 2. The van der Waals surface area contributed by atoms with Crippen LogP contribution in [0.5, 0.6) is 5.75 Å². The molecule has 110 valence electrons. The lowest BCUT2D eigenvalue weighted by Crippen LogP contribution is -2.03. The van der Waals surface area contributed by atoms with Gasteiger partial charge in [0.15, 0.2) is 16.6 Å². The van der Waals surface area contributed by atoms with Crippen LogP contribution in [0.25, 0.3) is 0 Å². The van der Waals surface area contributed by atoms with Gasteiger partial charge in [0.25, 0.3) is 0 Å². The van der Waals surface area contributed by atoms with E-state index in [1.807, 2.05) is 0 Å². The van der Waals surface area contributed by atoms with E-state index in [9.17, 15) is 14.0 Å². The molecular formula is C13H11FN2O4S. The fourth-order valence-corrected chi connectivity index (χ4v) is 2.46. The average Bonchev–Trinajstić information content (AvgIpc) is 2.85. The zero-order valence-electron chi connectivity index (χ0n) is 11.1. The Hall–Kier alpha value is -2.48. The smallest absolute Gasteiger partial charge is 0.356 e. The fourth-order valence-electron chi connectivity index (χ4n) is 1.60. The molecule has 0 aliphatic rings. The molecule has 0 atom stereocenters. The first-order valence-electron chi connectivity index (χ1n) is 5.78. The number of nitrogens with one attached hydrogen (secondary N) is 1. The molecule has 0 unspecified atom stereocenters. The monoisotopic (exact) mass is 310 g/mol. The van der Waals surface area contributed by atoms with Gasteiger partial charge in [0, 0.05) is 13.0 Å². The largest absolute Gasteiger partial charge is 0.497 e. The lowest BCUT2D eigenvalue weighted by atomic mass is 10.3. The van der Waals surface area contributed by atoms with E-state index in [-0.39, 0.29) is 21.4 Å². The molecule has 21 heavy (non-hydrogen) atoms. The van der Waals surface area contributed by atoms with E-state index in [4.69, 9.17) is 9.84 Å². The molecular weight excluding hydrogens is 299 g/mol. The van der Waals surface area contributed by atoms with Crippen LogP contribution in [-0.4, -0.2) is 29.0 Å². The topological polar surface area (TPSA) is 88.5 Å². The molecule has 0 aliphatic heterocycles. The third-order valence-corrected chi connectivity index (χ3v) is 3.64. The van der Waals surface area contributed by atoms with E-state index >= 15 is 0 Å². The SMILES string of the molecule is COc1ccc(F)c(Nc2nc(C(=O)O)c(C(C)=O)s2)c1. The number of carboxylic acid groups (broad SMARTS) is 1. The van der Waals surface area contributed by atoms with Crippen LogP contribution in [-0.2, 0) is 0 Å². The molecule has 0 saturated heterocycles. The molecule has 0 radical (unpaired) electrons. The number of thiazole rings is 1. The Bertz CT molecular complexity index is 683. The van der Waals surface area contributed by atoms with E-state index in [0.717, 1.165) is 11.3 Å². The van der Waals surface area contributed by atoms with Gasteiger partial charge in [0.05, 0.1) is 12.8 Å². The van der Waals surface area contributed by atoms with Gasteiger partial charge in [-0.15, -0.1) is 0 Å². The highest BCUT2D eigenvalue weighted by Gasteiger charge is 2.21. The first-order chi connectivity index (χ1) is 9.92. The number of methoxy groups -OCH3 is 1. The van der Waals surface area contributed by atoms with Gasteiger partial charge in [0.2, 0.25) is 0 Å². The third-order valence-electron chi connectivity index (χ3n) is 2.56. The van der Waals surface area contributed by atoms with Gasteiger partial charge < -0.3 is 15.2 Å². The maximum Gasteiger partial charge on any atom is 0.356 e. The molecule has 0 fully saturated rings. The Morgan fingerprint density at radius 3 is 2.67 bits per heavy atom. The summed E-state index contributed by atoms with van der Waals surface area (Å²) < 4.78 is 18.7. The van der Waals surface area contributed by atoms with Crippen LogP contribution in [0.15, 0.2) is 18.2 Å². The molecule has 2 N–H and O–H groups in total. The van der Waals surface area contributed by atoms with E-state index in [1.165, 1.54) is 32.2 Å². The number of benzene rings is 1. The summed E-state index contributed by atoms with van der Waals surface area (Å²) >= 11 is 0.853. The molecule has 0 bridgehead atoms. The molecule has 0 spiro atoms. The van der Waals surface area contributed by atoms with Gasteiger partial charge in [0.1, 0.15) is 16.4 Å². The van der Waals surface area contributed by atoms with Crippen molar-refractivity contribution < 1.29 is 23.8 Å². The van der Waals surface area contributed by atoms with Crippen molar-refractivity contribution in [3.05, 3.63) is 34.6 Å². The number of carbonyl (C=O) groups excluding carboxylic acids is 1. The molecule has 0 amide bonds. The average molecular weight is 310 g/mol. The van der Waals surface area contributed by atoms with Crippen molar-refractivity contribution in [2.24, 2.45) is 0 Å². The highest BCUT2D eigenvalue weighted by atomic mass is 32.1. The molecule has 1 heterocycles. The summed E-state index contributed by atoms with van der Waals surface area (Å²) in [6, 6.07) is 4.06. The lowest BCUT2D eigenvalue weighted by molar-refractivity contribution is 0.0687. The number of hydrogen-bond donors (Lipinski definition) is 2. The normalized spacial score (nSPS) is 10.2. The van der Waals surface area contributed by atoms with Crippen molar-refractivity contribution in [2.45, 2.75) is 6.92 Å². The summed E-state index contributed by atoms with van der Waals surface area (Å²) in [5.74, 6) is -1.84. The van der Waals surface area contributed by atoms with Crippen molar-refractivity contribution in [3.63, 3.8) is 0 Å². The Morgan fingerprint density at radius 1 is 1.43 bits per heavy atom.